The van der Waals surface area contributed by atoms with Crippen LogP contribution in [-0.4, -0.2) is 26.4 Å². The Morgan fingerprint density at radius 3 is 2.93 bits per heavy atom. The lowest BCUT2D eigenvalue weighted by Crippen LogP contribution is -2.18. The van der Waals surface area contributed by atoms with Crippen molar-refractivity contribution in [2.24, 2.45) is 0 Å². The average molecular weight is 389 g/mol. The number of benzene rings is 2. The molecule has 2 aromatic heterocycles. The van der Waals surface area contributed by atoms with Crippen LogP contribution in [0.3, 0.4) is 0 Å². The Morgan fingerprint density at radius 2 is 2.07 bits per heavy atom. The van der Waals surface area contributed by atoms with Gasteiger partial charge < -0.3 is 10.1 Å². The molecule has 3 heterocycles. The van der Waals surface area contributed by atoms with E-state index in [1.165, 1.54) is 12.1 Å². The first-order valence-electron chi connectivity index (χ1n) is 9.71. The molecule has 1 aliphatic rings. The summed E-state index contributed by atoms with van der Waals surface area (Å²) in [6.45, 7) is 0.771. The summed E-state index contributed by atoms with van der Waals surface area (Å²) in [5.74, 6) is 0.104. The number of hydrogen-bond acceptors (Lipinski definition) is 5. The van der Waals surface area contributed by atoms with Gasteiger partial charge in [-0.2, -0.15) is 5.10 Å². The SMILES string of the molecule is Fc1cccc(Nc2nccc(-c3ccc4cnn(C5CCCCO5)c4c3)n2)c1. The van der Waals surface area contributed by atoms with Crippen molar-refractivity contribution in [3.8, 4) is 11.3 Å². The maximum absolute atomic E-state index is 13.4. The van der Waals surface area contributed by atoms with Crippen molar-refractivity contribution < 1.29 is 9.13 Å². The maximum atomic E-state index is 13.4. The van der Waals surface area contributed by atoms with Gasteiger partial charge in [0.15, 0.2) is 6.23 Å². The molecule has 0 aliphatic carbocycles. The number of hydrogen-bond donors (Lipinski definition) is 1. The second-order valence-corrected chi connectivity index (χ2v) is 7.08. The van der Waals surface area contributed by atoms with Crippen LogP contribution in [0.4, 0.5) is 16.0 Å². The van der Waals surface area contributed by atoms with E-state index < -0.39 is 0 Å². The van der Waals surface area contributed by atoms with Gasteiger partial charge in [0.1, 0.15) is 5.82 Å². The number of anilines is 2. The largest absolute Gasteiger partial charge is 0.356 e. The number of nitrogens with one attached hydrogen (secondary N) is 1. The Balaban J connectivity index is 1.47. The quantitative estimate of drug-likeness (QED) is 0.528. The van der Waals surface area contributed by atoms with Gasteiger partial charge in [-0.3, -0.25) is 0 Å². The zero-order chi connectivity index (χ0) is 19.6. The second-order valence-electron chi connectivity index (χ2n) is 7.08. The topological polar surface area (TPSA) is 64.9 Å². The zero-order valence-corrected chi connectivity index (χ0v) is 15.8. The third-order valence-electron chi connectivity index (χ3n) is 5.06. The summed E-state index contributed by atoms with van der Waals surface area (Å²) in [5, 5.41) is 8.66. The van der Waals surface area contributed by atoms with Crippen LogP contribution < -0.4 is 5.32 Å². The lowest BCUT2D eigenvalue weighted by atomic mass is 10.1. The molecule has 1 unspecified atom stereocenters. The van der Waals surface area contributed by atoms with Crippen molar-refractivity contribution in [1.82, 2.24) is 19.7 Å². The molecule has 29 heavy (non-hydrogen) atoms. The summed E-state index contributed by atoms with van der Waals surface area (Å²) in [5.41, 5.74) is 3.36. The van der Waals surface area contributed by atoms with E-state index >= 15 is 0 Å². The highest BCUT2D eigenvalue weighted by atomic mass is 19.1. The summed E-state index contributed by atoms with van der Waals surface area (Å²) in [4.78, 5) is 8.85. The molecule has 6 nitrogen and oxygen atoms in total. The van der Waals surface area contributed by atoms with Crippen LogP contribution >= 0.6 is 0 Å². The summed E-state index contributed by atoms with van der Waals surface area (Å²) in [7, 11) is 0. The summed E-state index contributed by atoms with van der Waals surface area (Å²) in [6.07, 6.45) is 6.75. The fourth-order valence-corrected chi connectivity index (χ4v) is 3.62. The molecule has 0 bridgehead atoms. The molecule has 1 fully saturated rings. The number of nitrogens with zero attached hydrogens (tertiary/aromatic N) is 4. The second kappa shape index (κ2) is 7.60. The monoisotopic (exact) mass is 389 g/mol. The molecule has 1 saturated heterocycles. The molecule has 0 radical (unpaired) electrons. The molecule has 0 saturated carbocycles. The molecule has 7 heteroatoms. The number of aromatic nitrogens is 4. The van der Waals surface area contributed by atoms with Crippen LogP contribution in [0.1, 0.15) is 25.5 Å². The molecule has 1 atom stereocenters. The fourth-order valence-electron chi connectivity index (χ4n) is 3.62. The van der Waals surface area contributed by atoms with Crippen LogP contribution in [0.5, 0.6) is 0 Å². The van der Waals surface area contributed by atoms with E-state index in [4.69, 9.17) is 4.74 Å². The van der Waals surface area contributed by atoms with Gasteiger partial charge in [-0.15, -0.1) is 0 Å². The Labute approximate surface area is 167 Å². The first kappa shape index (κ1) is 17.8. The minimum atomic E-state index is -0.310. The molecular weight excluding hydrogens is 369 g/mol. The highest BCUT2D eigenvalue weighted by molar-refractivity contribution is 5.84. The third kappa shape index (κ3) is 3.69. The van der Waals surface area contributed by atoms with Crippen LogP contribution in [0.2, 0.25) is 0 Å². The third-order valence-corrected chi connectivity index (χ3v) is 5.06. The van der Waals surface area contributed by atoms with Crippen molar-refractivity contribution in [1.29, 1.82) is 0 Å². The Bertz CT molecular complexity index is 1150. The van der Waals surface area contributed by atoms with E-state index in [0.717, 1.165) is 48.0 Å². The van der Waals surface area contributed by atoms with Crippen LogP contribution in [0.15, 0.2) is 60.9 Å². The van der Waals surface area contributed by atoms with Crippen molar-refractivity contribution in [2.45, 2.75) is 25.5 Å². The molecule has 1 aliphatic heterocycles. The number of ether oxygens (including phenoxy) is 1. The molecule has 4 aromatic rings. The minimum Gasteiger partial charge on any atom is -0.356 e. The van der Waals surface area contributed by atoms with Crippen LogP contribution in [0, 0.1) is 5.82 Å². The lowest BCUT2D eigenvalue weighted by Gasteiger charge is -2.23. The number of halogens is 1. The van der Waals surface area contributed by atoms with E-state index in [0.29, 0.717) is 11.6 Å². The Kier molecular flexibility index (Phi) is 4.65. The average Bonchev–Trinajstić information content (AvgIpc) is 3.18. The van der Waals surface area contributed by atoms with E-state index in [1.807, 2.05) is 29.1 Å². The van der Waals surface area contributed by atoms with Gasteiger partial charge >= 0.3 is 0 Å². The lowest BCUT2D eigenvalue weighted by molar-refractivity contribution is -0.0366. The predicted molar refractivity (Wildman–Crippen MR) is 109 cm³/mol. The first-order valence-corrected chi connectivity index (χ1v) is 9.71. The normalized spacial score (nSPS) is 16.8. The van der Waals surface area contributed by atoms with E-state index in [2.05, 4.69) is 26.4 Å². The smallest absolute Gasteiger partial charge is 0.227 e. The molecule has 0 spiro atoms. The maximum Gasteiger partial charge on any atom is 0.227 e. The molecular formula is C22H20FN5O. The van der Waals surface area contributed by atoms with Crippen LogP contribution in [0.25, 0.3) is 22.2 Å². The molecule has 0 amide bonds. The molecule has 146 valence electrons. The Hall–Kier alpha value is -3.32. The summed E-state index contributed by atoms with van der Waals surface area (Å²) >= 11 is 0. The molecule has 1 N–H and O–H groups in total. The fraction of sp³-hybridized carbons (Fsp3) is 0.227. The van der Waals surface area contributed by atoms with Crippen molar-refractivity contribution >= 4 is 22.5 Å². The minimum absolute atomic E-state index is 0.0212. The molecule has 2 aromatic carbocycles. The van der Waals surface area contributed by atoms with Gasteiger partial charge in [-0.25, -0.2) is 19.0 Å². The first-order chi connectivity index (χ1) is 14.3. The van der Waals surface area contributed by atoms with Crippen LogP contribution in [-0.2, 0) is 4.74 Å². The number of rotatable bonds is 4. The standard InChI is InChI=1S/C22H20FN5O/c23-17-4-3-5-18(13-17)26-22-24-10-9-19(27-22)15-7-8-16-14-25-28(20(16)12-15)21-6-1-2-11-29-21/h3-5,7-10,12-14,21H,1-2,6,11H2,(H,24,26,27). The predicted octanol–water partition coefficient (Wildman–Crippen LogP) is 5.08. The number of fused-ring (bicyclic) bond motifs is 1. The van der Waals surface area contributed by atoms with E-state index in [1.54, 1.807) is 18.3 Å². The van der Waals surface area contributed by atoms with E-state index in [-0.39, 0.29) is 12.0 Å². The van der Waals surface area contributed by atoms with Gasteiger partial charge in [-0.1, -0.05) is 18.2 Å². The Morgan fingerprint density at radius 1 is 1.10 bits per heavy atom. The van der Waals surface area contributed by atoms with E-state index in [9.17, 15) is 4.39 Å². The zero-order valence-electron chi connectivity index (χ0n) is 15.8. The van der Waals surface area contributed by atoms with Crippen molar-refractivity contribution in [2.75, 3.05) is 11.9 Å². The van der Waals surface area contributed by atoms with Gasteiger partial charge in [0.25, 0.3) is 0 Å². The highest BCUT2D eigenvalue weighted by Crippen LogP contribution is 2.29. The highest BCUT2D eigenvalue weighted by Gasteiger charge is 2.19. The summed E-state index contributed by atoms with van der Waals surface area (Å²) < 4.78 is 21.3. The summed E-state index contributed by atoms with van der Waals surface area (Å²) in [6, 6.07) is 14.2. The van der Waals surface area contributed by atoms with Gasteiger partial charge in [0, 0.05) is 29.4 Å². The van der Waals surface area contributed by atoms with Crippen molar-refractivity contribution in [3.05, 3.63) is 66.7 Å². The molecule has 5 rings (SSSR count). The van der Waals surface area contributed by atoms with Gasteiger partial charge in [0.2, 0.25) is 5.95 Å². The van der Waals surface area contributed by atoms with Crippen molar-refractivity contribution in [3.63, 3.8) is 0 Å². The van der Waals surface area contributed by atoms with Gasteiger partial charge in [0.05, 0.1) is 17.4 Å². The van der Waals surface area contributed by atoms with Gasteiger partial charge in [-0.05, 0) is 49.6 Å².